The van der Waals surface area contributed by atoms with Crippen LogP contribution in [-0.4, -0.2) is 65.0 Å². The molecule has 0 aromatic carbocycles. The average Bonchev–Trinajstić information content (AvgIpc) is 3.26. The molecule has 2 nitrogen and oxygen atoms in total. The molecule has 1 aliphatic rings. The van der Waals surface area contributed by atoms with E-state index in [1.807, 2.05) is 0 Å². The van der Waals surface area contributed by atoms with Gasteiger partial charge in [-0.15, -0.1) is 0 Å². The monoisotopic (exact) mass is 549 g/mol. The van der Waals surface area contributed by atoms with Crippen LogP contribution in [0.15, 0.2) is 0 Å². The Morgan fingerprint density at radius 3 is 1.03 bits per heavy atom. The Morgan fingerprint density at radius 2 is 0.727 bits per heavy atom. The van der Waals surface area contributed by atoms with Crippen LogP contribution in [0.2, 0.25) is 0 Å². The minimum Gasteiger partial charge on any atom is -0.225 e. The number of rotatable bonds is 7. The Morgan fingerprint density at radius 1 is 0.424 bits per heavy atom. The third-order valence-electron chi connectivity index (χ3n) is 3.75. The fourth-order valence-corrected chi connectivity index (χ4v) is 1.78. The van der Waals surface area contributed by atoms with E-state index in [2.05, 4.69) is 4.84 Å². The summed E-state index contributed by atoms with van der Waals surface area (Å²) >= 11 is 0. The maximum Gasteiger partial charge on any atom is 0.460 e. The highest BCUT2D eigenvalue weighted by Crippen LogP contribution is 2.67. The lowest BCUT2D eigenvalue weighted by molar-refractivity contribution is -0.441. The van der Waals surface area contributed by atoms with Gasteiger partial charge in [0.2, 0.25) is 0 Å². The van der Waals surface area contributed by atoms with Gasteiger partial charge in [0.05, 0.1) is 0 Å². The molecule has 198 valence electrons. The van der Waals surface area contributed by atoms with Crippen LogP contribution in [0.3, 0.4) is 0 Å². The SMILES string of the molecule is FC(F)(F)C(F)(F)C(F)(F)C(F)(F)C(F)(F)N1O[C@@]1(F)C(F)(F)C(F)(F)C(F)(F)C(F)(F)F. The summed E-state index contributed by atoms with van der Waals surface area (Å²) in [5.74, 6) is -56.3. The largest absolute Gasteiger partial charge is 0.460 e. The van der Waals surface area contributed by atoms with E-state index in [9.17, 15) is 92.2 Å². The Kier molecular flexibility index (Phi) is 6.05. The summed E-state index contributed by atoms with van der Waals surface area (Å²) in [4.78, 5) is 2.05. The van der Waals surface area contributed by atoms with Crippen molar-refractivity contribution in [2.24, 2.45) is 0 Å². The topological polar surface area (TPSA) is 15.5 Å². The summed E-state index contributed by atoms with van der Waals surface area (Å²) in [6.45, 7) is 0. The normalized spacial score (nSPS) is 24.8. The summed E-state index contributed by atoms with van der Waals surface area (Å²) < 4.78 is 267. The zero-order valence-corrected chi connectivity index (χ0v) is 13.8. The number of hydroxylamine groups is 2. The van der Waals surface area contributed by atoms with E-state index in [1.165, 1.54) is 0 Å². The van der Waals surface area contributed by atoms with E-state index in [-0.39, 0.29) is 0 Å². The van der Waals surface area contributed by atoms with Crippen molar-refractivity contribution < 1.29 is 97.0 Å². The molecule has 0 saturated carbocycles. The van der Waals surface area contributed by atoms with Crippen LogP contribution in [0.4, 0.5) is 92.2 Å². The van der Waals surface area contributed by atoms with Crippen molar-refractivity contribution in [2.75, 3.05) is 0 Å². The summed E-state index contributed by atoms with van der Waals surface area (Å²) in [5.41, 5.74) is 0. The van der Waals surface area contributed by atoms with E-state index in [4.69, 9.17) is 0 Å². The van der Waals surface area contributed by atoms with Gasteiger partial charge in [-0.25, -0.2) is 4.84 Å². The number of hydrogen-bond donors (Lipinski definition) is 0. The van der Waals surface area contributed by atoms with Gasteiger partial charge in [-0.05, 0) is 5.06 Å². The van der Waals surface area contributed by atoms with Crippen molar-refractivity contribution in [1.29, 1.82) is 0 Å². The van der Waals surface area contributed by atoms with Gasteiger partial charge in [0.15, 0.2) is 0 Å². The number of halogens is 21. The molecule has 0 aliphatic carbocycles. The van der Waals surface area contributed by atoms with Crippen LogP contribution in [0.5, 0.6) is 0 Å². The molecule has 1 heterocycles. The zero-order chi connectivity index (χ0) is 27.3. The van der Waals surface area contributed by atoms with Crippen LogP contribution in [0, 0.1) is 0 Å². The molecule has 1 aliphatic heterocycles. The molecule has 2 atom stereocenters. The third-order valence-corrected chi connectivity index (χ3v) is 3.75. The van der Waals surface area contributed by atoms with Gasteiger partial charge >= 0.3 is 59.9 Å². The summed E-state index contributed by atoms with van der Waals surface area (Å²) in [6, 6.07) is -7.94. The molecule has 0 radical (unpaired) electrons. The van der Waals surface area contributed by atoms with Crippen LogP contribution < -0.4 is 0 Å². The average molecular weight is 549 g/mol. The molecular formula is C10F21NO. The van der Waals surface area contributed by atoms with Crippen molar-refractivity contribution in [3.05, 3.63) is 0 Å². The molecule has 1 rings (SSSR count). The maximum atomic E-state index is 13.6. The molecule has 0 bridgehead atoms. The highest BCUT2D eigenvalue weighted by molar-refractivity contribution is 5.13. The van der Waals surface area contributed by atoms with E-state index < -0.39 is 65.0 Å². The van der Waals surface area contributed by atoms with Crippen LogP contribution in [-0.2, 0) is 4.84 Å². The second kappa shape index (κ2) is 6.77. The van der Waals surface area contributed by atoms with E-state index in [1.54, 1.807) is 0 Å². The van der Waals surface area contributed by atoms with E-state index >= 15 is 0 Å². The highest BCUT2D eigenvalue weighted by Gasteiger charge is 2.98. The molecule has 1 saturated heterocycles. The van der Waals surface area contributed by atoms with E-state index in [0.717, 1.165) is 0 Å². The van der Waals surface area contributed by atoms with Crippen molar-refractivity contribution >= 4 is 0 Å². The van der Waals surface area contributed by atoms with Crippen LogP contribution in [0.25, 0.3) is 0 Å². The van der Waals surface area contributed by atoms with Gasteiger partial charge in [0, 0.05) is 0 Å². The van der Waals surface area contributed by atoms with Crippen molar-refractivity contribution in [3.63, 3.8) is 0 Å². The Labute approximate surface area is 163 Å². The Hall–Kier alpha value is -1.55. The molecule has 33 heavy (non-hydrogen) atoms. The molecule has 0 aromatic heterocycles. The Bertz CT molecular complexity index is 762. The van der Waals surface area contributed by atoms with Crippen LogP contribution >= 0.6 is 0 Å². The van der Waals surface area contributed by atoms with E-state index in [0.29, 0.717) is 0 Å². The molecule has 0 amide bonds. The predicted octanol–water partition coefficient (Wildman–Crippen LogP) is 6.39. The number of hydrogen-bond acceptors (Lipinski definition) is 2. The maximum absolute atomic E-state index is 13.6. The predicted molar refractivity (Wildman–Crippen MR) is 53.5 cm³/mol. The van der Waals surface area contributed by atoms with Crippen molar-refractivity contribution in [2.45, 2.75) is 59.9 Å². The summed E-state index contributed by atoms with van der Waals surface area (Å²) in [6.07, 6.45) is -15.5. The fraction of sp³-hybridized carbons (Fsp3) is 1.00. The molecule has 1 fully saturated rings. The van der Waals surface area contributed by atoms with Crippen molar-refractivity contribution in [1.82, 2.24) is 5.06 Å². The zero-order valence-electron chi connectivity index (χ0n) is 13.8. The highest BCUT2D eigenvalue weighted by atomic mass is 19.4. The standard InChI is InChI=1S/C10F21NO/c11-1(12,3(15,16)7(23,24)25)5(19,20)9(29,30)32-10(31,33-32)6(21,22)2(13,14)4(17,18)8(26,27)28/t10-,32?/m1/s1. The van der Waals surface area contributed by atoms with Gasteiger partial charge < -0.3 is 0 Å². The first-order valence-electron chi connectivity index (χ1n) is 6.80. The molecule has 0 N–H and O–H groups in total. The lowest BCUT2D eigenvalue weighted by Gasteiger charge is -2.37. The first-order chi connectivity index (χ1) is 13.8. The van der Waals surface area contributed by atoms with Crippen molar-refractivity contribution in [3.8, 4) is 0 Å². The fourth-order valence-electron chi connectivity index (χ4n) is 1.78. The molecular weight excluding hydrogens is 549 g/mol. The lowest BCUT2D eigenvalue weighted by Crippen LogP contribution is -2.70. The van der Waals surface area contributed by atoms with Gasteiger partial charge in [-0.1, -0.05) is 0 Å². The van der Waals surface area contributed by atoms with Crippen LogP contribution in [0.1, 0.15) is 0 Å². The second-order valence-electron chi connectivity index (χ2n) is 5.93. The molecule has 23 heteroatoms. The van der Waals surface area contributed by atoms with Gasteiger partial charge in [0.25, 0.3) is 0 Å². The number of nitrogens with zero attached hydrogens (tertiary/aromatic N) is 1. The molecule has 0 aromatic rings. The third kappa shape index (κ3) is 3.38. The summed E-state index contributed by atoms with van der Waals surface area (Å²) in [5, 5.41) is -3.50. The number of alkyl halides is 21. The first-order valence-corrected chi connectivity index (χ1v) is 6.80. The van der Waals surface area contributed by atoms with Gasteiger partial charge in [-0.2, -0.15) is 92.2 Å². The quantitative estimate of drug-likeness (QED) is 0.208. The second-order valence-corrected chi connectivity index (χ2v) is 5.93. The minimum absolute atomic E-state index is 2.05. The first kappa shape index (κ1) is 29.5. The molecule has 0 spiro atoms. The van der Waals surface area contributed by atoms with Gasteiger partial charge in [0.1, 0.15) is 0 Å². The minimum atomic E-state index is -8.41. The smallest absolute Gasteiger partial charge is 0.225 e. The van der Waals surface area contributed by atoms with Gasteiger partial charge in [-0.3, -0.25) is 0 Å². The Balaban J connectivity index is 3.54. The lowest BCUT2D eigenvalue weighted by atomic mass is 10.00. The molecule has 1 unspecified atom stereocenters. The summed E-state index contributed by atoms with van der Waals surface area (Å²) in [7, 11) is 0.